The molecule has 33 heavy (non-hydrogen) atoms. The molecule has 0 atom stereocenters. The van der Waals surface area contributed by atoms with E-state index >= 15 is 0 Å². The molecule has 172 valence electrons. The van der Waals surface area contributed by atoms with E-state index in [1.165, 1.54) is 16.9 Å². The Bertz CT molecular complexity index is 1080. The fourth-order valence-corrected chi connectivity index (χ4v) is 4.70. The molecule has 0 saturated carbocycles. The van der Waals surface area contributed by atoms with Crippen LogP contribution in [0, 0.1) is 0 Å². The van der Waals surface area contributed by atoms with E-state index in [4.69, 9.17) is 26.5 Å². The Kier molecular flexibility index (Phi) is 8.96. The molecule has 1 aliphatic rings. The summed E-state index contributed by atoms with van der Waals surface area (Å²) in [6, 6.07) is 5.64. The van der Waals surface area contributed by atoms with E-state index < -0.39 is 5.97 Å². The number of hydrogen-bond acceptors (Lipinski definition) is 7. The Labute approximate surface area is 214 Å². The van der Waals surface area contributed by atoms with Crippen LogP contribution >= 0.6 is 22.9 Å². The second kappa shape index (κ2) is 11.5. The molecule has 8 nitrogen and oxygen atoms in total. The van der Waals surface area contributed by atoms with Crippen molar-refractivity contribution in [1.29, 1.82) is 0 Å². The van der Waals surface area contributed by atoms with Crippen molar-refractivity contribution in [2.75, 3.05) is 19.6 Å². The zero-order valence-corrected chi connectivity index (χ0v) is 19.7. The second-order valence-electron chi connectivity index (χ2n) is 8.09. The summed E-state index contributed by atoms with van der Waals surface area (Å²) in [6.45, 7) is 6.52. The molecule has 1 aliphatic heterocycles. The Hall–Kier alpha value is -1.89. The topological polar surface area (TPSA) is 93.4 Å². The number of aromatic nitrogens is 4. The number of hydrogen-bond donors (Lipinski definition) is 1. The third-order valence-corrected chi connectivity index (χ3v) is 6.51. The van der Waals surface area contributed by atoms with Gasteiger partial charge in [-0.3, -0.25) is 4.79 Å². The summed E-state index contributed by atoms with van der Waals surface area (Å²) < 4.78 is 7.51. The first-order valence-corrected chi connectivity index (χ1v) is 11.9. The molecule has 0 fully saturated rings. The average molecular weight is 484 g/mol. The molecule has 3 aromatic rings. The normalized spacial score (nSPS) is 13.9. The molecule has 0 radical (unpaired) electrons. The van der Waals surface area contributed by atoms with Crippen molar-refractivity contribution in [3.8, 4) is 21.5 Å². The van der Waals surface area contributed by atoms with E-state index in [0.717, 1.165) is 48.7 Å². The SMILES string of the molecule is CC(C)Oc1ccc(-c2nnc(-n3cc4c(n3)CCN(CCCC(=O)O)CC4)s2)cc1Cl.[LiH]. The standard InChI is InChI=1S/C22H26ClN5O3S.Li.H/c1-14(2)31-19-6-5-15(12-17(19)23)21-24-25-22(32-21)28-13-16-7-10-27(9-3-4-20(29)30)11-8-18(16)26-28;;/h5-6,12-14H,3-4,7-11H2,1-2H3,(H,29,30);;. The van der Waals surface area contributed by atoms with Crippen LogP contribution in [0.15, 0.2) is 24.4 Å². The molecule has 3 heterocycles. The van der Waals surface area contributed by atoms with Crippen LogP contribution in [0.1, 0.15) is 37.9 Å². The van der Waals surface area contributed by atoms with Crippen LogP contribution in [0.4, 0.5) is 0 Å². The Balaban J connectivity index is 0.00000306. The Morgan fingerprint density at radius 1 is 1.27 bits per heavy atom. The van der Waals surface area contributed by atoms with E-state index in [1.807, 2.05) is 42.9 Å². The number of ether oxygens (including phenoxy) is 1. The summed E-state index contributed by atoms with van der Waals surface area (Å²) in [5.41, 5.74) is 3.17. The molecule has 0 bridgehead atoms. The van der Waals surface area contributed by atoms with Crippen molar-refractivity contribution in [2.45, 2.75) is 45.6 Å². The number of carboxylic acids is 1. The monoisotopic (exact) mass is 483 g/mol. The van der Waals surface area contributed by atoms with E-state index in [2.05, 4.69) is 15.1 Å². The first-order valence-electron chi connectivity index (χ1n) is 10.7. The molecular formula is C22H27ClLiN5O3S. The number of carbonyl (C=O) groups is 1. The fourth-order valence-electron chi connectivity index (χ4n) is 3.70. The molecule has 0 spiro atoms. The number of halogens is 1. The van der Waals surface area contributed by atoms with Gasteiger partial charge in [0.1, 0.15) is 10.8 Å². The van der Waals surface area contributed by atoms with Crippen LogP contribution in [0.5, 0.6) is 5.75 Å². The average Bonchev–Trinajstić information content (AvgIpc) is 3.34. The minimum atomic E-state index is -0.738. The zero-order valence-electron chi connectivity index (χ0n) is 18.1. The first kappa shape index (κ1) is 25.7. The number of fused-ring (bicyclic) bond motifs is 1. The van der Waals surface area contributed by atoms with Gasteiger partial charge in [-0.15, -0.1) is 10.2 Å². The third kappa shape index (κ3) is 6.58. The zero-order chi connectivity index (χ0) is 22.7. The van der Waals surface area contributed by atoms with Gasteiger partial charge < -0.3 is 14.7 Å². The maximum absolute atomic E-state index is 10.7. The van der Waals surface area contributed by atoms with Crippen molar-refractivity contribution in [3.63, 3.8) is 0 Å². The summed E-state index contributed by atoms with van der Waals surface area (Å²) in [4.78, 5) is 13.0. The second-order valence-corrected chi connectivity index (χ2v) is 9.45. The summed E-state index contributed by atoms with van der Waals surface area (Å²) >= 11 is 7.83. The van der Waals surface area contributed by atoms with E-state index in [-0.39, 0.29) is 31.4 Å². The predicted molar refractivity (Wildman–Crippen MR) is 131 cm³/mol. The van der Waals surface area contributed by atoms with Gasteiger partial charge in [-0.1, -0.05) is 22.9 Å². The van der Waals surface area contributed by atoms with Crippen LogP contribution in [-0.4, -0.2) is 80.6 Å². The van der Waals surface area contributed by atoms with Crippen LogP contribution in [0.25, 0.3) is 15.7 Å². The molecule has 1 aromatic carbocycles. The summed E-state index contributed by atoms with van der Waals surface area (Å²) in [7, 11) is 0. The third-order valence-electron chi connectivity index (χ3n) is 5.26. The van der Waals surface area contributed by atoms with Gasteiger partial charge in [0, 0.05) is 37.7 Å². The molecule has 0 saturated heterocycles. The van der Waals surface area contributed by atoms with Crippen LogP contribution < -0.4 is 4.74 Å². The van der Waals surface area contributed by atoms with Crippen molar-refractivity contribution in [2.24, 2.45) is 0 Å². The summed E-state index contributed by atoms with van der Waals surface area (Å²) in [5, 5.41) is 24.3. The van der Waals surface area contributed by atoms with E-state index in [0.29, 0.717) is 22.3 Å². The maximum atomic E-state index is 10.7. The van der Waals surface area contributed by atoms with Crippen molar-refractivity contribution in [3.05, 3.63) is 40.7 Å². The molecule has 0 unspecified atom stereocenters. The molecule has 0 amide bonds. The van der Waals surface area contributed by atoms with E-state index in [9.17, 15) is 4.79 Å². The van der Waals surface area contributed by atoms with Crippen molar-refractivity contribution < 1.29 is 14.6 Å². The Morgan fingerprint density at radius 3 is 2.79 bits per heavy atom. The number of benzene rings is 1. The van der Waals surface area contributed by atoms with Crippen molar-refractivity contribution >= 4 is 47.8 Å². The molecule has 1 N–H and O–H groups in total. The van der Waals surface area contributed by atoms with Gasteiger partial charge in [0.05, 0.1) is 16.8 Å². The van der Waals surface area contributed by atoms with Gasteiger partial charge in [-0.2, -0.15) is 5.10 Å². The van der Waals surface area contributed by atoms with Gasteiger partial charge in [0.2, 0.25) is 5.13 Å². The molecule has 2 aromatic heterocycles. The molecule has 11 heteroatoms. The predicted octanol–water partition coefficient (Wildman–Crippen LogP) is 3.45. The van der Waals surface area contributed by atoms with E-state index in [1.54, 1.807) is 0 Å². The number of nitrogens with zero attached hydrogens (tertiary/aromatic N) is 5. The van der Waals surface area contributed by atoms with Crippen LogP contribution in [-0.2, 0) is 17.6 Å². The van der Waals surface area contributed by atoms with Gasteiger partial charge in [-0.25, -0.2) is 4.68 Å². The van der Waals surface area contributed by atoms with Gasteiger partial charge in [0.25, 0.3) is 0 Å². The fraction of sp³-hybridized carbons (Fsp3) is 0.455. The Morgan fingerprint density at radius 2 is 2.06 bits per heavy atom. The minimum absolute atomic E-state index is 0. The van der Waals surface area contributed by atoms with Gasteiger partial charge in [0.15, 0.2) is 0 Å². The van der Waals surface area contributed by atoms with Gasteiger partial charge >= 0.3 is 24.8 Å². The summed E-state index contributed by atoms with van der Waals surface area (Å²) in [6.07, 6.45) is 4.71. The quantitative estimate of drug-likeness (QED) is 0.490. The number of rotatable bonds is 8. The first-order chi connectivity index (χ1) is 15.4. The van der Waals surface area contributed by atoms with Crippen LogP contribution in [0.3, 0.4) is 0 Å². The number of carboxylic acid groups (broad SMARTS) is 1. The number of aliphatic carboxylic acids is 1. The molecular weight excluding hydrogens is 457 g/mol. The van der Waals surface area contributed by atoms with Gasteiger partial charge in [-0.05, 0) is 57.0 Å². The molecule has 0 aliphatic carbocycles. The van der Waals surface area contributed by atoms with Crippen molar-refractivity contribution in [1.82, 2.24) is 24.9 Å². The summed E-state index contributed by atoms with van der Waals surface area (Å²) in [5.74, 6) is -0.0825. The van der Waals surface area contributed by atoms with Crippen LogP contribution in [0.2, 0.25) is 5.02 Å². The molecule has 4 rings (SSSR count).